The van der Waals surface area contributed by atoms with Gasteiger partial charge in [-0.3, -0.25) is 9.59 Å². The van der Waals surface area contributed by atoms with Crippen molar-refractivity contribution in [1.82, 2.24) is 10.6 Å². The molecule has 0 spiro atoms. The Morgan fingerprint density at radius 2 is 1.65 bits per heavy atom. The Kier molecular flexibility index (Phi) is 6.80. The second-order valence-electron chi connectivity index (χ2n) is 5.90. The van der Waals surface area contributed by atoms with Gasteiger partial charge in [0.2, 0.25) is 11.8 Å². The molecule has 0 unspecified atom stereocenters. The molecule has 2 aromatic carbocycles. The summed E-state index contributed by atoms with van der Waals surface area (Å²) in [6.45, 7) is 1.19. The standard InChI is InChI=1S/C19H20F2N2O3/c1-12(19(26)23-17(11-24)14-5-3-2-4-6-14)22-18(25)9-13-7-15(20)10-16(21)8-13/h2-8,10,12,17,24H,9,11H2,1H3,(H,22,25)(H,23,26)/t12-,17-/m0/s1. The largest absolute Gasteiger partial charge is 0.394 e. The third kappa shape index (κ3) is 5.63. The highest BCUT2D eigenvalue weighted by Gasteiger charge is 2.20. The number of hydrogen-bond acceptors (Lipinski definition) is 3. The Hall–Kier alpha value is -2.80. The maximum absolute atomic E-state index is 13.2. The molecule has 2 atom stereocenters. The SMILES string of the molecule is C[C@H](NC(=O)Cc1cc(F)cc(F)c1)C(=O)N[C@@H](CO)c1ccccc1. The van der Waals surface area contributed by atoms with Crippen LogP contribution in [-0.2, 0) is 16.0 Å². The van der Waals surface area contributed by atoms with Crippen LogP contribution in [0.5, 0.6) is 0 Å². The van der Waals surface area contributed by atoms with Crippen molar-refractivity contribution in [2.75, 3.05) is 6.61 Å². The average molecular weight is 362 g/mol. The van der Waals surface area contributed by atoms with Crippen molar-refractivity contribution in [3.8, 4) is 0 Å². The zero-order chi connectivity index (χ0) is 19.1. The Morgan fingerprint density at radius 1 is 1.04 bits per heavy atom. The molecular weight excluding hydrogens is 342 g/mol. The Morgan fingerprint density at radius 3 is 2.23 bits per heavy atom. The first-order valence-electron chi connectivity index (χ1n) is 8.09. The van der Waals surface area contributed by atoms with Crippen LogP contribution in [0.15, 0.2) is 48.5 Å². The summed E-state index contributed by atoms with van der Waals surface area (Å²) in [5, 5.41) is 14.6. The summed E-state index contributed by atoms with van der Waals surface area (Å²) in [5.41, 5.74) is 0.905. The van der Waals surface area contributed by atoms with E-state index in [4.69, 9.17) is 0 Å². The lowest BCUT2D eigenvalue weighted by atomic mass is 10.1. The monoisotopic (exact) mass is 362 g/mol. The molecule has 26 heavy (non-hydrogen) atoms. The van der Waals surface area contributed by atoms with E-state index in [1.165, 1.54) is 6.92 Å². The van der Waals surface area contributed by atoms with Crippen LogP contribution in [0.2, 0.25) is 0 Å². The molecule has 0 aliphatic rings. The molecule has 0 aliphatic carbocycles. The minimum atomic E-state index is -0.876. The van der Waals surface area contributed by atoms with Gasteiger partial charge in [-0.25, -0.2) is 8.78 Å². The van der Waals surface area contributed by atoms with Crippen LogP contribution in [0.1, 0.15) is 24.1 Å². The van der Waals surface area contributed by atoms with Gasteiger partial charge in [-0.15, -0.1) is 0 Å². The quantitative estimate of drug-likeness (QED) is 0.704. The van der Waals surface area contributed by atoms with E-state index in [9.17, 15) is 23.5 Å². The molecule has 0 radical (unpaired) electrons. The van der Waals surface area contributed by atoms with Gasteiger partial charge in [0.1, 0.15) is 17.7 Å². The number of halogens is 2. The molecule has 0 heterocycles. The molecule has 0 fully saturated rings. The molecule has 5 nitrogen and oxygen atoms in total. The molecule has 3 N–H and O–H groups in total. The van der Waals surface area contributed by atoms with E-state index in [0.29, 0.717) is 0 Å². The third-order valence-electron chi connectivity index (χ3n) is 3.76. The Labute approximate surface area is 150 Å². The van der Waals surface area contributed by atoms with Crippen molar-refractivity contribution >= 4 is 11.8 Å². The molecular formula is C19H20F2N2O3. The molecule has 138 valence electrons. The number of benzene rings is 2. The van der Waals surface area contributed by atoms with Crippen LogP contribution >= 0.6 is 0 Å². The number of amides is 2. The van der Waals surface area contributed by atoms with E-state index in [1.54, 1.807) is 24.3 Å². The fourth-order valence-electron chi connectivity index (χ4n) is 2.47. The van der Waals surface area contributed by atoms with E-state index < -0.39 is 35.5 Å². The van der Waals surface area contributed by atoms with Crippen LogP contribution in [0.4, 0.5) is 8.78 Å². The number of nitrogens with one attached hydrogen (secondary N) is 2. The smallest absolute Gasteiger partial charge is 0.242 e. The molecule has 2 rings (SSSR count). The predicted octanol–water partition coefficient (Wildman–Crippen LogP) is 1.86. The summed E-state index contributed by atoms with van der Waals surface area (Å²) in [4.78, 5) is 24.2. The highest BCUT2D eigenvalue weighted by atomic mass is 19.1. The van der Waals surface area contributed by atoms with Gasteiger partial charge in [-0.05, 0) is 30.2 Å². The lowest BCUT2D eigenvalue weighted by Crippen LogP contribution is -2.46. The summed E-state index contributed by atoms with van der Waals surface area (Å²) in [7, 11) is 0. The summed E-state index contributed by atoms with van der Waals surface area (Å²) in [6, 6.07) is 10.3. The van der Waals surface area contributed by atoms with Gasteiger partial charge in [0.25, 0.3) is 0 Å². The minimum absolute atomic E-state index is 0.171. The number of aliphatic hydroxyl groups is 1. The van der Waals surface area contributed by atoms with Crippen LogP contribution in [-0.4, -0.2) is 29.6 Å². The lowest BCUT2D eigenvalue weighted by molar-refractivity contribution is -0.128. The fourth-order valence-corrected chi connectivity index (χ4v) is 2.47. The van der Waals surface area contributed by atoms with Gasteiger partial charge in [0.15, 0.2) is 0 Å². The van der Waals surface area contributed by atoms with Gasteiger partial charge in [-0.2, -0.15) is 0 Å². The van der Waals surface area contributed by atoms with Crippen molar-refractivity contribution in [3.05, 3.63) is 71.3 Å². The van der Waals surface area contributed by atoms with Gasteiger partial charge in [-0.1, -0.05) is 30.3 Å². The molecule has 7 heteroatoms. The van der Waals surface area contributed by atoms with E-state index in [1.807, 2.05) is 6.07 Å². The zero-order valence-corrected chi connectivity index (χ0v) is 14.2. The molecule has 0 saturated carbocycles. The first-order chi connectivity index (χ1) is 12.4. The molecule has 0 aliphatic heterocycles. The second-order valence-corrected chi connectivity index (χ2v) is 5.90. The molecule has 2 amide bonds. The van der Waals surface area contributed by atoms with Crippen molar-refractivity contribution in [2.45, 2.75) is 25.4 Å². The second kappa shape index (κ2) is 9.05. The summed E-state index contributed by atoms with van der Waals surface area (Å²) in [6.07, 6.45) is -0.256. The number of rotatable bonds is 7. The van der Waals surface area contributed by atoms with Crippen molar-refractivity contribution in [2.24, 2.45) is 0 Å². The summed E-state index contributed by atoms with van der Waals surface area (Å²) in [5.74, 6) is -2.57. The van der Waals surface area contributed by atoms with Crippen LogP contribution in [0.3, 0.4) is 0 Å². The fraction of sp³-hybridized carbons (Fsp3) is 0.263. The van der Waals surface area contributed by atoms with Gasteiger partial charge in [0, 0.05) is 6.07 Å². The third-order valence-corrected chi connectivity index (χ3v) is 3.76. The molecule has 0 aromatic heterocycles. The van der Waals surface area contributed by atoms with Gasteiger partial charge >= 0.3 is 0 Å². The predicted molar refractivity (Wildman–Crippen MR) is 92.1 cm³/mol. The van der Waals surface area contributed by atoms with Gasteiger partial charge < -0.3 is 15.7 Å². The highest BCUT2D eigenvalue weighted by molar-refractivity contribution is 5.88. The van der Waals surface area contributed by atoms with E-state index in [2.05, 4.69) is 10.6 Å². The number of carbonyl (C=O) groups is 2. The van der Waals surface area contributed by atoms with E-state index in [0.717, 1.165) is 23.8 Å². The summed E-state index contributed by atoms with van der Waals surface area (Å²) >= 11 is 0. The number of hydrogen-bond donors (Lipinski definition) is 3. The summed E-state index contributed by atoms with van der Waals surface area (Å²) < 4.78 is 26.3. The zero-order valence-electron chi connectivity index (χ0n) is 14.2. The first-order valence-corrected chi connectivity index (χ1v) is 8.09. The molecule has 0 bridgehead atoms. The van der Waals surface area contributed by atoms with E-state index in [-0.39, 0.29) is 18.6 Å². The number of aliphatic hydroxyl groups excluding tert-OH is 1. The van der Waals surface area contributed by atoms with Crippen molar-refractivity contribution < 1.29 is 23.5 Å². The van der Waals surface area contributed by atoms with Crippen molar-refractivity contribution in [1.29, 1.82) is 0 Å². The normalized spacial score (nSPS) is 12.9. The Bertz CT molecular complexity index is 748. The first kappa shape index (κ1) is 19.5. The Balaban J connectivity index is 1.92. The minimum Gasteiger partial charge on any atom is -0.394 e. The maximum Gasteiger partial charge on any atom is 0.242 e. The van der Waals surface area contributed by atoms with E-state index >= 15 is 0 Å². The molecule has 2 aromatic rings. The lowest BCUT2D eigenvalue weighted by Gasteiger charge is -2.20. The average Bonchev–Trinajstić information content (AvgIpc) is 2.59. The highest BCUT2D eigenvalue weighted by Crippen LogP contribution is 2.12. The topological polar surface area (TPSA) is 78.4 Å². The van der Waals surface area contributed by atoms with Gasteiger partial charge in [0.05, 0.1) is 19.1 Å². The van der Waals surface area contributed by atoms with Crippen LogP contribution in [0, 0.1) is 11.6 Å². The van der Waals surface area contributed by atoms with Crippen molar-refractivity contribution in [3.63, 3.8) is 0 Å². The maximum atomic E-state index is 13.2. The van der Waals surface area contributed by atoms with Crippen LogP contribution < -0.4 is 10.6 Å². The number of carbonyl (C=O) groups excluding carboxylic acids is 2. The van der Waals surface area contributed by atoms with Crippen LogP contribution in [0.25, 0.3) is 0 Å². The molecule has 0 saturated heterocycles.